The molecule has 2 aliphatic rings. The van der Waals surface area contributed by atoms with Crippen molar-refractivity contribution in [2.45, 2.75) is 18.3 Å². The molecule has 3 rings (SSSR count). The lowest BCUT2D eigenvalue weighted by molar-refractivity contribution is -0.192. The first-order valence-electron chi connectivity index (χ1n) is 9.64. The highest BCUT2D eigenvalue weighted by Gasteiger charge is 2.54. The van der Waals surface area contributed by atoms with Crippen LogP contribution >= 0.6 is 23.1 Å². The Balaban J connectivity index is 0.000000638. The summed E-state index contributed by atoms with van der Waals surface area (Å²) in [6, 6.07) is -2.52. The van der Waals surface area contributed by atoms with Crippen LogP contribution in [-0.2, 0) is 24.0 Å². The number of nitrogen functional groups attached to an aromatic ring is 1. The molecule has 2 aliphatic heterocycles. The third-order valence-electron chi connectivity index (χ3n) is 4.35. The van der Waals surface area contributed by atoms with Crippen molar-refractivity contribution in [1.29, 1.82) is 0 Å². The molecule has 0 aliphatic carbocycles. The van der Waals surface area contributed by atoms with E-state index in [1.807, 2.05) is 5.43 Å². The number of carboxylic acids is 2. The number of hydrogen-bond donors (Lipinski definition) is 6. The average Bonchev–Trinajstić information content (AvgIpc) is 3.25. The predicted molar refractivity (Wildman–Crippen MR) is 125 cm³/mol. The number of carbonyl (C=O) groups is 5. The number of oxime groups is 1. The number of aromatic nitrogens is 1. The molecule has 21 heteroatoms. The highest BCUT2D eigenvalue weighted by atomic mass is 32.2. The van der Waals surface area contributed by atoms with Crippen LogP contribution in [0.4, 0.5) is 23.1 Å². The highest BCUT2D eigenvalue weighted by Crippen LogP contribution is 2.38. The Morgan fingerprint density at radius 3 is 2.42 bits per heavy atom. The number of thiazole rings is 1. The van der Waals surface area contributed by atoms with Gasteiger partial charge in [-0.1, -0.05) is 5.16 Å². The van der Waals surface area contributed by atoms with Gasteiger partial charge in [0.15, 0.2) is 10.8 Å². The van der Waals surface area contributed by atoms with E-state index in [-0.39, 0.29) is 32.9 Å². The van der Waals surface area contributed by atoms with Gasteiger partial charge >= 0.3 is 24.1 Å². The summed E-state index contributed by atoms with van der Waals surface area (Å²) in [5.41, 5.74) is 12.1. The molecule has 0 aromatic carbocycles. The Morgan fingerprint density at radius 1 is 1.32 bits per heavy atom. The van der Waals surface area contributed by atoms with Gasteiger partial charge < -0.3 is 31.8 Å². The van der Waals surface area contributed by atoms with Crippen LogP contribution in [0.3, 0.4) is 0 Å². The monoisotopic (exact) mass is 582 g/mol. The molecular weight excluding hydrogens is 565 g/mol. The van der Waals surface area contributed by atoms with Crippen LogP contribution in [0.2, 0.25) is 0 Å². The van der Waals surface area contributed by atoms with E-state index in [0.717, 1.165) is 34.2 Å². The number of halogens is 3. The molecule has 2 unspecified atom stereocenters. The second-order valence-corrected chi connectivity index (χ2v) is 8.74. The van der Waals surface area contributed by atoms with Crippen molar-refractivity contribution in [3.05, 3.63) is 21.7 Å². The van der Waals surface area contributed by atoms with Crippen LogP contribution in [0.5, 0.6) is 0 Å². The first-order valence-corrected chi connectivity index (χ1v) is 11.5. The van der Waals surface area contributed by atoms with E-state index in [0.29, 0.717) is 0 Å². The smallest absolute Gasteiger partial charge is 0.477 e. The third-order valence-corrected chi connectivity index (χ3v) is 6.15. The lowest BCUT2D eigenvalue weighted by atomic mass is 9.94. The topological polar surface area (TPSA) is 252 Å². The zero-order chi connectivity index (χ0) is 28.8. The number of aliphatic carboxylic acids is 2. The second kappa shape index (κ2) is 12.2. The molecule has 1 fully saturated rings. The van der Waals surface area contributed by atoms with Crippen molar-refractivity contribution < 1.29 is 52.2 Å². The molecule has 1 aromatic heterocycles. The number of carbonyl (C=O) groups excluding carboxylic acids is 3. The van der Waals surface area contributed by atoms with Gasteiger partial charge in [0.2, 0.25) is 0 Å². The second-order valence-electron chi connectivity index (χ2n) is 6.79. The summed E-state index contributed by atoms with van der Waals surface area (Å²) in [6.45, 7) is 0. The van der Waals surface area contributed by atoms with Gasteiger partial charge in [-0.2, -0.15) is 18.3 Å². The lowest BCUT2D eigenvalue weighted by Gasteiger charge is -2.49. The number of thioether (sulfide) groups is 1. The summed E-state index contributed by atoms with van der Waals surface area (Å²) < 4.78 is 31.7. The number of nitrogens with one attached hydrogen (secondary N) is 2. The summed E-state index contributed by atoms with van der Waals surface area (Å²) >= 11 is 2.19. The van der Waals surface area contributed by atoms with E-state index >= 15 is 0 Å². The van der Waals surface area contributed by atoms with E-state index in [1.54, 1.807) is 0 Å². The molecule has 2 atom stereocenters. The van der Waals surface area contributed by atoms with Crippen molar-refractivity contribution in [3.63, 3.8) is 0 Å². The fraction of sp³-hybridized carbons (Fsp3) is 0.294. The summed E-state index contributed by atoms with van der Waals surface area (Å²) in [6.07, 6.45) is -4.00. The van der Waals surface area contributed by atoms with Crippen LogP contribution in [-0.4, -0.2) is 92.9 Å². The number of rotatable bonds is 7. The van der Waals surface area contributed by atoms with Gasteiger partial charge in [-0.3, -0.25) is 14.5 Å². The number of hydrogen-bond acceptors (Lipinski definition) is 12. The van der Waals surface area contributed by atoms with E-state index in [9.17, 15) is 37.5 Å². The van der Waals surface area contributed by atoms with E-state index < -0.39 is 48.0 Å². The fourth-order valence-electron chi connectivity index (χ4n) is 2.87. The van der Waals surface area contributed by atoms with Crippen molar-refractivity contribution >= 4 is 69.9 Å². The summed E-state index contributed by atoms with van der Waals surface area (Å²) in [4.78, 5) is 66.5. The number of β-lactam (4-membered cyclic amide) rings is 1. The molecule has 1 aromatic rings. The molecule has 206 valence electrons. The number of primary amides is 1. The van der Waals surface area contributed by atoms with Crippen LogP contribution in [0.1, 0.15) is 5.69 Å². The molecule has 38 heavy (non-hydrogen) atoms. The molecule has 3 heterocycles. The van der Waals surface area contributed by atoms with Crippen molar-refractivity contribution in [3.8, 4) is 0 Å². The number of nitrogens with two attached hydrogens (primary N) is 2. The van der Waals surface area contributed by atoms with Crippen LogP contribution in [0, 0.1) is 0 Å². The van der Waals surface area contributed by atoms with Gasteiger partial charge in [0.1, 0.15) is 24.5 Å². The number of alkyl halides is 3. The molecule has 4 amide bonds. The SMILES string of the molecule is CON=C(C(=O)NC1C(=O)N2C(C(=O)O)=C(C=NNC(N)=O)SCC12)c1csc(N)n1.O=C(O)C(F)(F)F. The Hall–Kier alpha value is -4.40. The molecule has 0 radical (unpaired) electrons. The van der Waals surface area contributed by atoms with Crippen molar-refractivity contribution in [2.24, 2.45) is 16.0 Å². The van der Waals surface area contributed by atoms with Crippen LogP contribution in [0.25, 0.3) is 0 Å². The zero-order valence-electron chi connectivity index (χ0n) is 18.8. The third kappa shape index (κ3) is 7.09. The maximum Gasteiger partial charge on any atom is 0.490 e. The number of amides is 4. The molecule has 0 spiro atoms. The standard InChI is InChI=1S/C15H16N8O6S2.C2HF3O2/c1-29-22-8(5-3-31-15(17)19-5)11(24)20-9-6-4-30-7(2-18-21-14(16)28)10(13(26)27)23(6)12(9)25;3-2(4,5)1(6)7/h2-3,6,9H,4H2,1H3,(H2,17,19)(H,20,24)(H,26,27)(H3,16,21,28);(H,6,7). The van der Waals surface area contributed by atoms with Crippen LogP contribution < -0.4 is 22.2 Å². The maximum atomic E-state index is 12.7. The Kier molecular flexibility index (Phi) is 9.60. The number of carboxylic acid groups (broad SMARTS) is 2. The summed E-state index contributed by atoms with van der Waals surface area (Å²) in [5, 5.41) is 28.1. The Bertz CT molecular complexity index is 1230. The van der Waals surface area contributed by atoms with Gasteiger partial charge in [-0.25, -0.2) is 24.8 Å². The Morgan fingerprint density at radius 2 is 1.95 bits per heavy atom. The minimum Gasteiger partial charge on any atom is -0.477 e. The number of nitrogens with zero attached hydrogens (tertiary/aromatic N) is 4. The van der Waals surface area contributed by atoms with Gasteiger partial charge in [0.05, 0.1) is 17.2 Å². The van der Waals surface area contributed by atoms with Gasteiger partial charge in [0, 0.05) is 11.1 Å². The quantitative estimate of drug-likeness (QED) is 0.130. The Labute approximate surface area is 217 Å². The lowest BCUT2D eigenvalue weighted by Crippen LogP contribution is -2.73. The van der Waals surface area contributed by atoms with Crippen molar-refractivity contribution in [1.82, 2.24) is 20.6 Å². The summed E-state index contributed by atoms with van der Waals surface area (Å²) in [5.74, 6) is -5.21. The molecule has 8 N–H and O–H groups in total. The zero-order valence-corrected chi connectivity index (χ0v) is 20.4. The molecular formula is C17H17F3N8O8S2. The van der Waals surface area contributed by atoms with Gasteiger partial charge in [-0.15, -0.1) is 23.1 Å². The minimum absolute atomic E-state index is 0.148. The highest BCUT2D eigenvalue weighted by molar-refractivity contribution is 8.04. The van der Waals surface area contributed by atoms with E-state index in [2.05, 4.69) is 25.4 Å². The number of hydrazone groups is 1. The number of urea groups is 1. The van der Waals surface area contributed by atoms with Crippen LogP contribution in [0.15, 0.2) is 26.2 Å². The predicted octanol–water partition coefficient (Wildman–Crippen LogP) is -0.898. The fourth-order valence-corrected chi connectivity index (χ4v) is 4.56. The van der Waals surface area contributed by atoms with Crippen molar-refractivity contribution in [2.75, 3.05) is 18.6 Å². The number of anilines is 1. The van der Waals surface area contributed by atoms with Gasteiger partial charge in [0.25, 0.3) is 11.8 Å². The maximum absolute atomic E-state index is 12.7. The molecule has 0 saturated carbocycles. The normalized spacial score (nSPS) is 19.1. The first-order chi connectivity index (χ1) is 17.7. The molecule has 1 saturated heterocycles. The molecule has 0 bridgehead atoms. The first kappa shape index (κ1) is 29.8. The van der Waals surface area contributed by atoms with E-state index in [4.69, 9.17) is 21.4 Å². The summed E-state index contributed by atoms with van der Waals surface area (Å²) in [7, 11) is 1.25. The minimum atomic E-state index is -5.08. The molecule has 16 nitrogen and oxygen atoms in total. The number of fused-ring (bicyclic) bond motifs is 1. The average molecular weight is 582 g/mol. The van der Waals surface area contributed by atoms with E-state index in [1.165, 1.54) is 12.5 Å². The van der Waals surface area contributed by atoms with Gasteiger partial charge in [-0.05, 0) is 0 Å². The number of allylic oxidation sites excluding steroid dienone is 1. The largest absolute Gasteiger partial charge is 0.490 e.